The minimum absolute atomic E-state index is 0.0279. The SMILES string of the molecule is O=C(Nc1ccccc1F)[C@@H]1CSCN1C(=O)c1ccc([N+](=O)[O-])cc1Cl. The number of carbonyl (C=O) groups is 2. The summed E-state index contributed by atoms with van der Waals surface area (Å²) in [5.74, 6) is -1.02. The molecule has 2 aromatic carbocycles. The highest BCUT2D eigenvalue weighted by molar-refractivity contribution is 7.99. The molecular weight excluding hydrogens is 397 g/mol. The highest BCUT2D eigenvalue weighted by atomic mass is 35.5. The van der Waals surface area contributed by atoms with Crippen LogP contribution in [0.25, 0.3) is 0 Å². The number of anilines is 1. The fourth-order valence-corrected chi connectivity index (χ4v) is 3.99. The lowest BCUT2D eigenvalue weighted by molar-refractivity contribution is -0.384. The summed E-state index contributed by atoms with van der Waals surface area (Å²) in [5.41, 5.74) is -0.144. The van der Waals surface area contributed by atoms with Gasteiger partial charge in [-0.2, -0.15) is 0 Å². The maximum atomic E-state index is 13.7. The number of nitro groups is 1. The number of hydrogen-bond donors (Lipinski definition) is 1. The van der Waals surface area contributed by atoms with Crippen molar-refractivity contribution in [1.82, 2.24) is 4.90 Å². The third kappa shape index (κ3) is 4.04. The summed E-state index contributed by atoms with van der Waals surface area (Å²) in [6.45, 7) is 0. The Morgan fingerprint density at radius 3 is 2.70 bits per heavy atom. The van der Waals surface area contributed by atoms with Gasteiger partial charge in [0.25, 0.3) is 11.6 Å². The van der Waals surface area contributed by atoms with Gasteiger partial charge < -0.3 is 10.2 Å². The molecule has 0 aromatic heterocycles. The maximum absolute atomic E-state index is 13.7. The molecule has 1 saturated heterocycles. The average molecular weight is 410 g/mol. The Morgan fingerprint density at radius 1 is 1.30 bits per heavy atom. The summed E-state index contributed by atoms with van der Waals surface area (Å²) in [7, 11) is 0. The van der Waals surface area contributed by atoms with Gasteiger partial charge in [-0.15, -0.1) is 11.8 Å². The summed E-state index contributed by atoms with van der Waals surface area (Å²) in [5, 5.41) is 13.2. The number of carbonyl (C=O) groups excluding carboxylic acids is 2. The molecular formula is C17H13ClFN3O4S. The Bertz CT molecular complexity index is 927. The molecule has 0 aliphatic carbocycles. The van der Waals surface area contributed by atoms with Gasteiger partial charge in [-0.25, -0.2) is 4.39 Å². The molecule has 2 amide bonds. The fraction of sp³-hybridized carbons (Fsp3) is 0.176. The van der Waals surface area contributed by atoms with E-state index in [4.69, 9.17) is 11.6 Å². The minimum Gasteiger partial charge on any atom is -0.322 e. The summed E-state index contributed by atoms with van der Waals surface area (Å²) < 4.78 is 13.7. The van der Waals surface area contributed by atoms with Crippen molar-refractivity contribution in [2.75, 3.05) is 16.9 Å². The molecule has 1 heterocycles. The van der Waals surface area contributed by atoms with E-state index in [9.17, 15) is 24.1 Å². The molecule has 0 spiro atoms. The number of nitro benzene ring substituents is 1. The number of halogens is 2. The zero-order chi connectivity index (χ0) is 19.6. The number of nitrogens with zero attached hydrogens (tertiary/aromatic N) is 2. The van der Waals surface area contributed by atoms with Gasteiger partial charge in [0.15, 0.2) is 0 Å². The largest absolute Gasteiger partial charge is 0.322 e. The quantitative estimate of drug-likeness (QED) is 0.615. The van der Waals surface area contributed by atoms with Crippen molar-refractivity contribution in [3.63, 3.8) is 0 Å². The number of nitrogens with one attached hydrogen (secondary N) is 1. The summed E-state index contributed by atoms with van der Waals surface area (Å²) in [4.78, 5) is 36.8. The van der Waals surface area contributed by atoms with Gasteiger partial charge in [0.05, 0.1) is 27.1 Å². The lowest BCUT2D eigenvalue weighted by Gasteiger charge is -2.23. The molecule has 1 fully saturated rings. The molecule has 7 nitrogen and oxygen atoms in total. The number of para-hydroxylation sites is 1. The molecule has 0 radical (unpaired) electrons. The Labute approximate surface area is 162 Å². The normalized spacial score (nSPS) is 16.2. The van der Waals surface area contributed by atoms with E-state index < -0.39 is 28.6 Å². The first-order valence-electron chi connectivity index (χ1n) is 7.76. The second-order valence-corrected chi connectivity index (χ2v) is 7.09. The standard InChI is InChI=1S/C17H13ClFN3O4S/c18-12-7-10(22(25)26)5-6-11(12)17(24)21-9-27-8-15(21)16(23)20-14-4-2-1-3-13(14)19/h1-7,15H,8-9H2,(H,20,23)/t15-/m0/s1. The van der Waals surface area contributed by atoms with Gasteiger partial charge in [0, 0.05) is 17.9 Å². The van der Waals surface area contributed by atoms with E-state index in [2.05, 4.69) is 5.32 Å². The first-order valence-corrected chi connectivity index (χ1v) is 9.30. The molecule has 27 heavy (non-hydrogen) atoms. The Hall–Kier alpha value is -2.65. The number of benzene rings is 2. The van der Waals surface area contributed by atoms with Crippen LogP contribution in [0, 0.1) is 15.9 Å². The first-order chi connectivity index (χ1) is 12.9. The van der Waals surface area contributed by atoms with Crippen LogP contribution in [-0.4, -0.2) is 39.3 Å². The molecule has 1 N–H and O–H groups in total. The van der Waals surface area contributed by atoms with Crippen molar-refractivity contribution in [3.05, 3.63) is 69.0 Å². The number of rotatable bonds is 4. The predicted molar refractivity (Wildman–Crippen MR) is 100 cm³/mol. The van der Waals surface area contributed by atoms with E-state index in [0.717, 1.165) is 6.07 Å². The van der Waals surface area contributed by atoms with Crippen molar-refractivity contribution < 1.29 is 18.9 Å². The lowest BCUT2D eigenvalue weighted by atomic mass is 10.1. The molecule has 10 heteroatoms. The van der Waals surface area contributed by atoms with Crippen LogP contribution in [0.4, 0.5) is 15.8 Å². The smallest absolute Gasteiger partial charge is 0.270 e. The Balaban J connectivity index is 1.79. The lowest BCUT2D eigenvalue weighted by Crippen LogP contribution is -2.44. The molecule has 3 rings (SSSR count). The number of non-ortho nitro benzene ring substituents is 1. The zero-order valence-electron chi connectivity index (χ0n) is 13.7. The van der Waals surface area contributed by atoms with Crippen LogP contribution >= 0.6 is 23.4 Å². The fourth-order valence-electron chi connectivity index (χ4n) is 2.58. The molecule has 0 bridgehead atoms. The Kier molecular flexibility index (Phi) is 5.62. The van der Waals surface area contributed by atoms with Crippen LogP contribution in [0.1, 0.15) is 10.4 Å². The first kappa shape index (κ1) is 19.1. The third-order valence-corrected chi connectivity index (χ3v) is 5.30. The van der Waals surface area contributed by atoms with Crippen LogP contribution in [0.15, 0.2) is 42.5 Å². The van der Waals surface area contributed by atoms with Crippen molar-refractivity contribution in [2.24, 2.45) is 0 Å². The predicted octanol–water partition coefficient (Wildman–Crippen LogP) is 3.54. The number of amides is 2. The topological polar surface area (TPSA) is 92.6 Å². The van der Waals surface area contributed by atoms with Crippen LogP contribution in [-0.2, 0) is 4.79 Å². The average Bonchev–Trinajstić information content (AvgIpc) is 3.13. The van der Waals surface area contributed by atoms with E-state index in [1.165, 1.54) is 47.0 Å². The van der Waals surface area contributed by atoms with Gasteiger partial charge in [-0.1, -0.05) is 23.7 Å². The van der Waals surface area contributed by atoms with Crippen molar-refractivity contribution >= 4 is 46.6 Å². The third-order valence-electron chi connectivity index (χ3n) is 3.97. The van der Waals surface area contributed by atoms with Crippen LogP contribution in [0.3, 0.4) is 0 Å². The molecule has 140 valence electrons. The summed E-state index contributed by atoms with van der Waals surface area (Å²) >= 11 is 7.39. The van der Waals surface area contributed by atoms with Gasteiger partial charge >= 0.3 is 0 Å². The zero-order valence-corrected chi connectivity index (χ0v) is 15.3. The molecule has 0 unspecified atom stereocenters. The second kappa shape index (κ2) is 7.93. The molecule has 1 aliphatic heterocycles. The molecule has 1 aliphatic rings. The van der Waals surface area contributed by atoms with E-state index in [1.807, 2.05) is 0 Å². The monoisotopic (exact) mass is 409 g/mol. The van der Waals surface area contributed by atoms with Gasteiger partial charge in [0.2, 0.25) is 5.91 Å². The number of thioether (sulfide) groups is 1. The highest BCUT2D eigenvalue weighted by Crippen LogP contribution is 2.29. The van der Waals surface area contributed by atoms with Crippen LogP contribution in [0.2, 0.25) is 5.02 Å². The van der Waals surface area contributed by atoms with Crippen molar-refractivity contribution in [2.45, 2.75) is 6.04 Å². The van der Waals surface area contributed by atoms with Crippen LogP contribution < -0.4 is 5.32 Å². The molecule has 1 atom stereocenters. The number of hydrogen-bond acceptors (Lipinski definition) is 5. The van der Waals surface area contributed by atoms with E-state index in [0.29, 0.717) is 5.75 Å². The van der Waals surface area contributed by atoms with E-state index in [1.54, 1.807) is 6.07 Å². The van der Waals surface area contributed by atoms with Gasteiger partial charge in [0.1, 0.15) is 11.9 Å². The van der Waals surface area contributed by atoms with Crippen molar-refractivity contribution in [3.8, 4) is 0 Å². The van der Waals surface area contributed by atoms with E-state index in [-0.39, 0.29) is 27.8 Å². The van der Waals surface area contributed by atoms with Crippen molar-refractivity contribution in [1.29, 1.82) is 0 Å². The molecule has 0 saturated carbocycles. The van der Waals surface area contributed by atoms with Gasteiger partial charge in [-0.05, 0) is 18.2 Å². The highest BCUT2D eigenvalue weighted by Gasteiger charge is 2.36. The molecule has 2 aromatic rings. The van der Waals surface area contributed by atoms with Gasteiger partial charge in [-0.3, -0.25) is 19.7 Å². The minimum atomic E-state index is -0.812. The summed E-state index contributed by atoms with van der Waals surface area (Å²) in [6, 6.07) is 8.45. The van der Waals surface area contributed by atoms with Crippen LogP contribution in [0.5, 0.6) is 0 Å². The Morgan fingerprint density at radius 2 is 2.04 bits per heavy atom. The summed E-state index contributed by atoms with van der Waals surface area (Å²) in [6.07, 6.45) is 0. The second-order valence-electron chi connectivity index (χ2n) is 5.68. The van der Waals surface area contributed by atoms with E-state index >= 15 is 0 Å². The maximum Gasteiger partial charge on any atom is 0.270 e.